The smallest absolute Gasteiger partial charge is 0.251 e. The molecule has 2 aromatic carbocycles. The fraction of sp³-hybridized carbons (Fsp3) is 0.464. The van der Waals surface area contributed by atoms with E-state index in [-0.39, 0.29) is 11.8 Å². The molecule has 0 spiro atoms. The summed E-state index contributed by atoms with van der Waals surface area (Å²) in [6.45, 7) is 7.90. The van der Waals surface area contributed by atoms with E-state index in [4.69, 9.17) is 4.98 Å². The summed E-state index contributed by atoms with van der Waals surface area (Å²) >= 11 is 0. The SMILES string of the molecule is CCCCN(C)C(=O)Cn1c(CCCCCNC(=O)c2ccc(C)cc2C)nc2ccccc21. The van der Waals surface area contributed by atoms with Crippen molar-refractivity contribution < 1.29 is 9.59 Å². The minimum absolute atomic E-state index is 0.00926. The molecule has 3 aromatic rings. The van der Waals surface area contributed by atoms with Crippen LogP contribution in [0.2, 0.25) is 0 Å². The molecule has 182 valence electrons. The van der Waals surface area contributed by atoms with Gasteiger partial charge in [0.15, 0.2) is 0 Å². The Bertz CT molecular complexity index is 1120. The minimum atomic E-state index is -0.00926. The average Bonchev–Trinajstić information content (AvgIpc) is 3.16. The number of unbranched alkanes of at least 4 members (excludes halogenated alkanes) is 3. The Labute approximate surface area is 203 Å². The fourth-order valence-corrected chi connectivity index (χ4v) is 4.22. The predicted molar refractivity (Wildman–Crippen MR) is 138 cm³/mol. The molecule has 0 aliphatic rings. The zero-order valence-corrected chi connectivity index (χ0v) is 21.1. The summed E-state index contributed by atoms with van der Waals surface area (Å²) in [5, 5.41) is 3.04. The number of carbonyl (C=O) groups is 2. The number of likely N-dealkylation sites (N-methyl/N-ethyl adjacent to an activating group) is 1. The highest BCUT2D eigenvalue weighted by atomic mass is 16.2. The number of hydrogen-bond acceptors (Lipinski definition) is 3. The van der Waals surface area contributed by atoms with E-state index in [0.29, 0.717) is 13.1 Å². The van der Waals surface area contributed by atoms with Gasteiger partial charge in [-0.1, -0.05) is 49.6 Å². The van der Waals surface area contributed by atoms with Crippen LogP contribution in [0, 0.1) is 13.8 Å². The lowest BCUT2D eigenvalue weighted by Crippen LogP contribution is -2.31. The molecule has 3 rings (SSSR count). The first-order chi connectivity index (χ1) is 16.4. The van der Waals surface area contributed by atoms with Crippen LogP contribution >= 0.6 is 0 Å². The van der Waals surface area contributed by atoms with E-state index < -0.39 is 0 Å². The van der Waals surface area contributed by atoms with E-state index in [9.17, 15) is 9.59 Å². The Morgan fingerprint density at radius 3 is 2.59 bits per heavy atom. The van der Waals surface area contributed by atoms with Gasteiger partial charge in [-0.15, -0.1) is 0 Å². The van der Waals surface area contributed by atoms with Crippen molar-refractivity contribution in [2.45, 2.75) is 65.8 Å². The number of amides is 2. The van der Waals surface area contributed by atoms with Crippen LogP contribution in [0.3, 0.4) is 0 Å². The molecule has 0 radical (unpaired) electrons. The lowest BCUT2D eigenvalue weighted by molar-refractivity contribution is -0.130. The number of nitrogens with one attached hydrogen (secondary N) is 1. The molecule has 6 nitrogen and oxygen atoms in total. The Hall–Kier alpha value is -3.15. The van der Waals surface area contributed by atoms with Gasteiger partial charge in [0, 0.05) is 32.1 Å². The molecule has 2 amide bonds. The van der Waals surface area contributed by atoms with Crippen molar-refractivity contribution in [3.05, 3.63) is 65.0 Å². The number of imidazole rings is 1. The number of rotatable bonds is 12. The van der Waals surface area contributed by atoms with E-state index in [2.05, 4.69) is 16.8 Å². The Morgan fingerprint density at radius 2 is 1.82 bits per heavy atom. The number of aryl methyl sites for hydroxylation is 3. The molecule has 0 fully saturated rings. The van der Waals surface area contributed by atoms with Crippen molar-refractivity contribution in [1.82, 2.24) is 19.8 Å². The molecule has 1 aromatic heterocycles. The topological polar surface area (TPSA) is 67.2 Å². The maximum Gasteiger partial charge on any atom is 0.251 e. The van der Waals surface area contributed by atoms with Gasteiger partial charge in [-0.25, -0.2) is 4.98 Å². The lowest BCUT2D eigenvalue weighted by Gasteiger charge is -2.18. The predicted octanol–water partition coefficient (Wildman–Crippen LogP) is 5.05. The van der Waals surface area contributed by atoms with Gasteiger partial charge in [0.05, 0.1) is 11.0 Å². The third-order valence-electron chi connectivity index (χ3n) is 6.29. The van der Waals surface area contributed by atoms with Crippen molar-refractivity contribution in [2.24, 2.45) is 0 Å². The Kier molecular flexibility index (Phi) is 9.25. The summed E-state index contributed by atoms with van der Waals surface area (Å²) in [6.07, 6.45) is 5.76. The highest BCUT2D eigenvalue weighted by Gasteiger charge is 2.16. The molecule has 0 aliphatic heterocycles. The summed E-state index contributed by atoms with van der Waals surface area (Å²) in [6, 6.07) is 13.9. The fourth-order valence-electron chi connectivity index (χ4n) is 4.22. The van der Waals surface area contributed by atoms with E-state index >= 15 is 0 Å². The maximum atomic E-state index is 12.8. The van der Waals surface area contributed by atoms with E-state index in [1.807, 2.05) is 68.3 Å². The summed E-state index contributed by atoms with van der Waals surface area (Å²) in [5.41, 5.74) is 4.85. The number of nitrogens with zero attached hydrogens (tertiary/aromatic N) is 3. The summed E-state index contributed by atoms with van der Waals surface area (Å²) in [5.74, 6) is 1.06. The van der Waals surface area contributed by atoms with Crippen LogP contribution in [0.1, 0.15) is 66.3 Å². The summed E-state index contributed by atoms with van der Waals surface area (Å²) in [7, 11) is 1.88. The van der Waals surface area contributed by atoms with Crippen molar-refractivity contribution in [3.63, 3.8) is 0 Å². The van der Waals surface area contributed by atoms with Crippen molar-refractivity contribution >= 4 is 22.8 Å². The second-order valence-corrected chi connectivity index (χ2v) is 9.16. The largest absolute Gasteiger partial charge is 0.352 e. The highest BCUT2D eigenvalue weighted by molar-refractivity contribution is 5.95. The van der Waals surface area contributed by atoms with Crippen LogP contribution in [0.5, 0.6) is 0 Å². The van der Waals surface area contributed by atoms with Crippen LogP contribution in [0.15, 0.2) is 42.5 Å². The Morgan fingerprint density at radius 1 is 1.03 bits per heavy atom. The van der Waals surface area contributed by atoms with Crippen LogP contribution in [0.4, 0.5) is 0 Å². The monoisotopic (exact) mass is 462 g/mol. The summed E-state index contributed by atoms with van der Waals surface area (Å²) in [4.78, 5) is 31.9. The first-order valence-electron chi connectivity index (χ1n) is 12.4. The van der Waals surface area contributed by atoms with Gasteiger partial charge in [0.1, 0.15) is 12.4 Å². The standard InChI is InChI=1S/C28H38N4O2/c1-5-6-18-31(4)27(33)20-32-25-13-10-9-12-24(25)30-26(32)14-8-7-11-17-29-28(34)23-16-15-21(2)19-22(23)3/h9-10,12-13,15-16,19H,5-8,11,14,17-18,20H2,1-4H3,(H,29,34). The molecule has 34 heavy (non-hydrogen) atoms. The third-order valence-corrected chi connectivity index (χ3v) is 6.29. The molecule has 0 aliphatic carbocycles. The number of hydrogen-bond donors (Lipinski definition) is 1. The number of para-hydroxylation sites is 2. The first kappa shape index (κ1) is 25.5. The number of fused-ring (bicyclic) bond motifs is 1. The van der Waals surface area contributed by atoms with Gasteiger partial charge in [-0.2, -0.15) is 0 Å². The normalized spacial score (nSPS) is 11.1. The van der Waals surface area contributed by atoms with Gasteiger partial charge in [0.2, 0.25) is 5.91 Å². The zero-order valence-electron chi connectivity index (χ0n) is 21.1. The molecular formula is C28H38N4O2. The van der Waals surface area contributed by atoms with Gasteiger partial charge in [-0.3, -0.25) is 9.59 Å². The lowest BCUT2D eigenvalue weighted by atomic mass is 10.1. The summed E-state index contributed by atoms with van der Waals surface area (Å²) < 4.78 is 2.07. The van der Waals surface area contributed by atoms with Crippen molar-refractivity contribution in [1.29, 1.82) is 0 Å². The highest BCUT2D eigenvalue weighted by Crippen LogP contribution is 2.18. The van der Waals surface area contributed by atoms with Crippen LogP contribution in [-0.2, 0) is 17.8 Å². The average molecular weight is 463 g/mol. The second-order valence-electron chi connectivity index (χ2n) is 9.16. The number of carbonyl (C=O) groups excluding carboxylic acids is 2. The minimum Gasteiger partial charge on any atom is -0.352 e. The zero-order chi connectivity index (χ0) is 24.5. The van der Waals surface area contributed by atoms with Gasteiger partial charge in [-0.05, 0) is 56.9 Å². The van der Waals surface area contributed by atoms with Crippen LogP contribution < -0.4 is 5.32 Å². The van der Waals surface area contributed by atoms with Crippen LogP contribution in [0.25, 0.3) is 11.0 Å². The van der Waals surface area contributed by atoms with E-state index in [1.165, 1.54) is 0 Å². The molecule has 1 heterocycles. The molecule has 6 heteroatoms. The van der Waals surface area contributed by atoms with Gasteiger partial charge >= 0.3 is 0 Å². The quantitative estimate of drug-likeness (QED) is 0.383. The van der Waals surface area contributed by atoms with E-state index in [1.54, 1.807) is 0 Å². The molecule has 1 N–H and O–H groups in total. The van der Waals surface area contributed by atoms with Gasteiger partial charge in [0.25, 0.3) is 5.91 Å². The van der Waals surface area contributed by atoms with Crippen molar-refractivity contribution in [3.8, 4) is 0 Å². The molecule has 0 atom stereocenters. The number of benzene rings is 2. The van der Waals surface area contributed by atoms with Gasteiger partial charge < -0.3 is 14.8 Å². The van der Waals surface area contributed by atoms with Crippen LogP contribution in [-0.4, -0.2) is 46.4 Å². The molecule has 0 saturated carbocycles. The third kappa shape index (κ3) is 6.69. The molecular weight excluding hydrogens is 424 g/mol. The van der Waals surface area contributed by atoms with Crippen molar-refractivity contribution in [2.75, 3.05) is 20.1 Å². The molecule has 0 saturated heterocycles. The number of aromatic nitrogens is 2. The molecule has 0 unspecified atom stereocenters. The Balaban J connectivity index is 1.52. The maximum absolute atomic E-state index is 12.8. The molecule has 0 bridgehead atoms. The first-order valence-corrected chi connectivity index (χ1v) is 12.4. The second kappa shape index (κ2) is 12.4. The van der Waals surface area contributed by atoms with E-state index in [0.717, 1.165) is 78.6 Å².